The first-order valence-corrected chi connectivity index (χ1v) is 9.61. The first-order chi connectivity index (χ1) is 15.0. The van der Waals surface area contributed by atoms with Crippen molar-refractivity contribution in [2.75, 3.05) is 5.32 Å². The van der Waals surface area contributed by atoms with Gasteiger partial charge in [0.05, 0.1) is 5.56 Å². The Morgan fingerprint density at radius 1 is 1.00 bits per heavy atom. The van der Waals surface area contributed by atoms with Gasteiger partial charge in [0.15, 0.2) is 0 Å². The predicted molar refractivity (Wildman–Crippen MR) is 101 cm³/mol. The fourth-order valence-corrected chi connectivity index (χ4v) is 3.24. The highest BCUT2D eigenvalue weighted by molar-refractivity contribution is 5.89. The quantitative estimate of drug-likeness (QED) is 0.574. The number of carbonyl (C=O) groups is 1. The van der Waals surface area contributed by atoms with Gasteiger partial charge in [-0.05, 0) is 43.9 Å². The van der Waals surface area contributed by atoms with Crippen molar-refractivity contribution in [3.63, 3.8) is 0 Å². The number of anilines is 1. The van der Waals surface area contributed by atoms with Crippen LogP contribution in [-0.4, -0.2) is 29.5 Å². The van der Waals surface area contributed by atoms with Gasteiger partial charge >= 0.3 is 18.6 Å². The molecule has 1 aliphatic rings. The minimum atomic E-state index is -4.84. The van der Waals surface area contributed by atoms with Crippen molar-refractivity contribution in [1.82, 2.24) is 10.3 Å². The summed E-state index contributed by atoms with van der Waals surface area (Å²) in [7, 11) is 0. The molecule has 0 unspecified atom stereocenters. The molecule has 2 N–H and O–H groups in total. The molecular weight excluding hydrogens is 444 g/mol. The van der Waals surface area contributed by atoms with E-state index in [4.69, 9.17) is 4.74 Å². The Bertz CT molecular complexity index is 910. The number of carbonyl (C=O) groups excluding carboxylic acids is 1. The summed E-state index contributed by atoms with van der Waals surface area (Å²) in [6, 6.07) is 6.19. The molecule has 0 aliphatic heterocycles. The average Bonchev–Trinajstić information content (AvgIpc) is 2.68. The van der Waals surface area contributed by atoms with Gasteiger partial charge in [-0.2, -0.15) is 13.2 Å². The van der Waals surface area contributed by atoms with Crippen LogP contribution in [-0.2, 0) is 6.18 Å². The van der Waals surface area contributed by atoms with E-state index in [1.807, 2.05) is 0 Å². The molecule has 6 nitrogen and oxygen atoms in total. The van der Waals surface area contributed by atoms with Gasteiger partial charge in [-0.25, -0.2) is 9.78 Å². The summed E-state index contributed by atoms with van der Waals surface area (Å²) in [5, 5.41) is 5.19. The first kappa shape index (κ1) is 23.5. The molecule has 0 spiro atoms. The molecule has 1 saturated carbocycles. The number of nitrogens with one attached hydrogen (secondary N) is 2. The number of amides is 2. The number of rotatable bonds is 5. The monoisotopic (exact) mass is 463 g/mol. The Balaban J connectivity index is 1.44. The number of nitrogens with zero attached hydrogens (tertiary/aromatic N) is 1. The number of halogens is 6. The van der Waals surface area contributed by atoms with Gasteiger partial charge in [0, 0.05) is 30.1 Å². The van der Waals surface area contributed by atoms with E-state index in [1.165, 1.54) is 12.1 Å². The third-order valence-corrected chi connectivity index (χ3v) is 4.69. The minimum absolute atomic E-state index is 0.0908. The molecule has 174 valence electrons. The number of ether oxygens (including phenoxy) is 2. The molecule has 0 bridgehead atoms. The number of hydrogen-bond donors (Lipinski definition) is 2. The second-order valence-corrected chi connectivity index (χ2v) is 7.15. The number of benzene rings is 1. The van der Waals surface area contributed by atoms with E-state index in [-0.39, 0.29) is 23.7 Å². The second kappa shape index (κ2) is 9.53. The molecule has 1 aromatic carbocycles. The standard InChI is InChI=1S/C20H19F6N3O3/c21-19(22,23)12-4-9-17(27-11-12)31-15-7-5-13(6-8-15)28-18(30)29-14-2-1-3-16(10-14)32-20(24,25)26/h1-4,9-11,13,15H,5-8H2,(H2,28,29,30). The molecule has 0 radical (unpaired) electrons. The van der Waals surface area contributed by atoms with Gasteiger partial charge in [0.25, 0.3) is 0 Å². The highest BCUT2D eigenvalue weighted by Crippen LogP contribution is 2.30. The zero-order valence-corrected chi connectivity index (χ0v) is 16.5. The Hall–Kier alpha value is -3.18. The zero-order valence-electron chi connectivity index (χ0n) is 16.5. The normalized spacial score (nSPS) is 19.2. The average molecular weight is 463 g/mol. The molecule has 0 atom stereocenters. The van der Waals surface area contributed by atoms with Gasteiger partial charge in [0.1, 0.15) is 11.9 Å². The summed E-state index contributed by atoms with van der Waals surface area (Å²) in [5.74, 6) is -0.363. The van der Waals surface area contributed by atoms with Crippen LogP contribution in [0.15, 0.2) is 42.6 Å². The van der Waals surface area contributed by atoms with E-state index >= 15 is 0 Å². The van der Waals surface area contributed by atoms with Crippen molar-refractivity contribution in [2.45, 2.75) is 50.4 Å². The number of urea groups is 1. The van der Waals surface area contributed by atoms with E-state index in [0.29, 0.717) is 31.9 Å². The van der Waals surface area contributed by atoms with Crippen LogP contribution in [0.2, 0.25) is 0 Å². The molecule has 32 heavy (non-hydrogen) atoms. The lowest BCUT2D eigenvalue weighted by atomic mass is 9.93. The van der Waals surface area contributed by atoms with Crippen LogP contribution in [0.25, 0.3) is 0 Å². The molecule has 1 heterocycles. The summed E-state index contributed by atoms with van der Waals surface area (Å²) in [5.41, 5.74) is -0.728. The highest BCUT2D eigenvalue weighted by Gasteiger charge is 2.32. The van der Waals surface area contributed by atoms with Crippen LogP contribution in [0, 0.1) is 0 Å². The van der Waals surface area contributed by atoms with E-state index in [9.17, 15) is 31.1 Å². The second-order valence-electron chi connectivity index (χ2n) is 7.15. The Morgan fingerprint density at radius 2 is 1.72 bits per heavy atom. The van der Waals surface area contributed by atoms with Crippen molar-refractivity contribution in [3.05, 3.63) is 48.2 Å². The Labute approximate surface area is 178 Å². The smallest absolute Gasteiger partial charge is 0.474 e. The van der Waals surface area contributed by atoms with Crippen LogP contribution >= 0.6 is 0 Å². The van der Waals surface area contributed by atoms with Crippen molar-refractivity contribution in [2.24, 2.45) is 0 Å². The third-order valence-electron chi connectivity index (χ3n) is 4.69. The highest BCUT2D eigenvalue weighted by atomic mass is 19.4. The zero-order chi connectivity index (χ0) is 23.4. The van der Waals surface area contributed by atoms with Crippen LogP contribution in [0.1, 0.15) is 31.2 Å². The third kappa shape index (κ3) is 7.20. The molecule has 2 aromatic rings. The molecule has 12 heteroatoms. The van der Waals surface area contributed by atoms with Gasteiger partial charge in [0.2, 0.25) is 5.88 Å². The largest absolute Gasteiger partial charge is 0.573 e. The van der Waals surface area contributed by atoms with E-state index in [2.05, 4.69) is 20.4 Å². The van der Waals surface area contributed by atoms with Crippen LogP contribution in [0.4, 0.5) is 36.8 Å². The van der Waals surface area contributed by atoms with Crippen LogP contribution in [0.3, 0.4) is 0 Å². The maximum atomic E-state index is 12.6. The topological polar surface area (TPSA) is 72.5 Å². The molecule has 1 fully saturated rings. The lowest BCUT2D eigenvalue weighted by Crippen LogP contribution is -2.41. The van der Waals surface area contributed by atoms with Crippen LogP contribution in [0.5, 0.6) is 11.6 Å². The molecule has 2 amide bonds. The van der Waals surface area contributed by atoms with Crippen molar-refractivity contribution in [1.29, 1.82) is 0 Å². The molecule has 3 rings (SSSR count). The molecule has 0 saturated heterocycles. The van der Waals surface area contributed by atoms with Gasteiger partial charge < -0.3 is 20.1 Å². The molecular formula is C20H19F6N3O3. The van der Waals surface area contributed by atoms with E-state index in [0.717, 1.165) is 24.3 Å². The fraction of sp³-hybridized carbons (Fsp3) is 0.400. The fourth-order valence-electron chi connectivity index (χ4n) is 3.24. The summed E-state index contributed by atoms with van der Waals surface area (Å²) in [6.45, 7) is 0. The van der Waals surface area contributed by atoms with Crippen molar-refractivity contribution in [3.8, 4) is 11.6 Å². The summed E-state index contributed by atoms with van der Waals surface area (Å²) >= 11 is 0. The number of alkyl halides is 6. The van der Waals surface area contributed by atoms with Crippen LogP contribution < -0.4 is 20.1 Å². The number of hydrogen-bond acceptors (Lipinski definition) is 4. The summed E-state index contributed by atoms with van der Waals surface area (Å²) in [4.78, 5) is 15.8. The first-order valence-electron chi connectivity index (χ1n) is 9.61. The predicted octanol–water partition coefficient (Wildman–Crippen LogP) is 5.51. The molecule has 1 aromatic heterocycles. The maximum absolute atomic E-state index is 12.6. The number of pyridine rings is 1. The summed E-state index contributed by atoms with van der Waals surface area (Å²) < 4.78 is 84.0. The Kier molecular flexibility index (Phi) is 6.99. The SMILES string of the molecule is O=C(Nc1cccc(OC(F)(F)F)c1)NC1CCC(Oc2ccc(C(F)(F)F)cn2)CC1. The number of aromatic nitrogens is 1. The van der Waals surface area contributed by atoms with Gasteiger partial charge in [-0.3, -0.25) is 0 Å². The minimum Gasteiger partial charge on any atom is -0.474 e. The van der Waals surface area contributed by atoms with Gasteiger partial charge in [-0.15, -0.1) is 13.2 Å². The van der Waals surface area contributed by atoms with E-state index in [1.54, 1.807) is 0 Å². The lowest BCUT2D eigenvalue weighted by Gasteiger charge is -2.29. The van der Waals surface area contributed by atoms with E-state index < -0.39 is 29.9 Å². The lowest BCUT2D eigenvalue weighted by molar-refractivity contribution is -0.274. The van der Waals surface area contributed by atoms with Gasteiger partial charge in [-0.1, -0.05) is 6.07 Å². The van der Waals surface area contributed by atoms with Crippen molar-refractivity contribution >= 4 is 11.7 Å². The summed E-state index contributed by atoms with van der Waals surface area (Å²) in [6.07, 6.45) is -6.66. The molecule has 1 aliphatic carbocycles. The maximum Gasteiger partial charge on any atom is 0.573 e. The van der Waals surface area contributed by atoms with Crippen molar-refractivity contribution < 1.29 is 40.6 Å². The Morgan fingerprint density at radius 3 is 2.31 bits per heavy atom.